The fourth-order valence-corrected chi connectivity index (χ4v) is 2.22. The third-order valence-electron chi connectivity index (χ3n) is 3.63. The molecule has 0 aliphatic carbocycles. The van der Waals surface area contributed by atoms with Crippen LogP contribution in [-0.4, -0.2) is 11.0 Å². The molecule has 1 aromatic carbocycles. The number of benzene rings is 1. The van der Waals surface area contributed by atoms with Gasteiger partial charge in [0.25, 0.3) is 0 Å². The molecule has 0 aliphatic rings. The predicted octanol–water partition coefficient (Wildman–Crippen LogP) is 4.06. The molecule has 3 heteroatoms. The zero-order valence-corrected chi connectivity index (χ0v) is 13.0. The number of nitrogens with zero attached hydrogens (tertiary/aromatic N) is 1. The van der Waals surface area contributed by atoms with Crippen LogP contribution in [0.15, 0.2) is 48.7 Å². The minimum atomic E-state index is -0.224. The van der Waals surface area contributed by atoms with Gasteiger partial charge in [0.2, 0.25) is 0 Å². The molecule has 0 radical (unpaired) electrons. The van der Waals surface area contributed by atoms with Crippen LogP contribution in [0.3, 0.4) is 0 Å². The summed E-state index contributed by atoms with van der Waals surface area (Å²) in [5.41, 5.74) is 8.37. The second-order valence-electron chi connectivity index (χ2n) is 5.59. The van der Waals surface area contributed by atoms with E-state index in [1.165, 1.54) is 5.56 Å². The normalized spacial score (nSPS) is 14.0. The van der Waals surface area contributed by atoms with Gasteiger partial charge in [-0.3, -0.25) is 4.98 Å². The van der Waals surface area contributed by atoms with E-state index in [1.807, 2.05) is 30.3 Å². The summed E-state index contributed by atoms with van der Waals surface area (Å²) in [4.78, 5) is 4.40. The van der Waals surface area contributed by atoms with Crippen molar-refractivity contribution in [1.29, 1.82) is 0 Å². The Balaban J connectivity index is 2.25. The number of ether oxygens (including phenoxy) is 1. The van der Waals surface area contributed by atoms with Gasteiger partial charge in [-0.15, -0.1) is 0 Å². The highest BCUT2D eigenvalue weighted by molar-refractivity contribution is 5.31. The zero-order valence-electron chi connectivity index (χ0n) is 13.0. The van der Waals surface area contributed by atoms with E-state index < -0.39 is 0 Å². The molecule has 2 atom stereocenters. The van der Waals surface area contributed by atoms with Crippen LogP contribution in [0.25, 0.3) is 0 Å². The molecule has 112 valence electrons. The fraction of sp³-hybridized carbons (Fsp3) is 0.389. The van der Waals surface area contributed by atoms with Gasteiger partial charge in [-0.05, 0) is 42.2 Å². The molecule has 2 N–H and O–H groups in total. The van der Waals surface area contributed by atoms with Gasteiger partial charge in [-0.2, -0.15) is 0 Å². The van der Waals surface area contributed by atoms with Crippen molar-refractivity contribution in [1.82, 2.24) is 4.98 Å². The van der Waals surface area contributed by atoms with E-state index in [-0.39, 0.29) is 12.1 Å². The average molecular weight is 284 g/mol. The number of rotatable bonds is 6. The van der Waals surface area contributed by atoms with E-state index >= 15 is 0 Å². The lowest BCUT2D eigenvalue weighted by Gasteiger charge is -2.24. The summed E-state index contributed by atoms with van der Waals surface area (Å²) in [5, 5.41) is 0. The molecule has 2 aromatic rings. The second-order valence-corrected chi connectivity index (χ2v) is 5.59. The third-order valence-corrected chi connectivity index (χ3v) is 3.63. The maximum absolute atomic E-state index is 6.23. The van der Waals surface area contributed by atoms with Crippen LogP contribution >= 0.6 is 0 Å². The predicted molar refractivity (Wildman–Crippen MR) is 86.4 cm³/mol. The minimum absolute atomic E-state index is 0.0809. The second kappa shape index (κ2) is 7.23. The highest BCUT2D eigenvalue weighted by Gasteiger charge is 2.21. The van der Waals surface area contributed by atoms with Gasteiger partial charge in [0.15, 0.2) is 6.10 Å². The van der Waals surface area contributed by atoms with Crippen LogP contribution in [-0.2, 0) is 0 Å². The van der Waals surface area contributed by atoms with Gasteiger partial charge in [-0.25, -0.2) is 0 Å². The average Bonchev–Trinajstić information content (AvgIpc) is 2.53. The van der Waals surface area contributed by atoms with Gasteiger partial charge >= 0.3 is 0 Å². The van der Waals surface area contributed by atoms with Crippen LogP contribution in [0.5, 0.6) is 5.75 Å². The molecule has 0 saturated heterocycles. The van der Waals surface area contributed by atoms with Crippen molar-refractivity contribution in [3.63, 3.8) is 0 Å². The lowest BCUT2D eigenvalue weighted by atomic mass is 10.0. The van der Waals surface area contributed by atoms with Gasteiger partial charge in [0.1, 0.15) is 5.75 Å². The van der Waals surface area contributed by atoms with Gasteiger partial charge in [-0.1, -0.05) is 39.0 Å². The van der Waals surface area contributed by atoms with E-state index in [0.29, 0.717) is 5.92 Å². The maximum Gasteiger partial charge on any atom is 0.155 e. The highest BCUT2D eigenvalue weighted by atomic mass is 16.5. The number of aromatic nitrogens is 1. The summed E-state index contributed by atoms with van der Waals surface area (Å²) in [6.45, 7) is 6.41. The summed E-state index contributed by atoms with van der Waals surface area (Å²) in [5.74, 6) is 1.32. The standard InChI is InChI=1S/C18H24N2O/c1-4-16(19)18(17-10-5-6-11-20-17)21-15-9-7-8-14(12-15)13(2)3/h5-13,16,18H,4,19H2,1-3H3. The third kappa shape index (κ3) is 4.05. The molecule has 0 amide bonds. The SMILES string of the molecule is CCC(N)C(Oc1cccc(C(C)C)c1)c1ccccn1. The lowest BCUT2D eigenvalue weighted by molar-refractivity contribution is 0.166. The van der Waals surface area contributed by atoms with Crippen molar-refractivity contribution in [2.45, 2.75) is 45.3 Å². The lowest BCUT2D eigenvalue weighted by Crippen LogP contribution is -2.32. The Hall–Kier alpha value is -1.87. The van der Waals surface area contributed by atoms with Crippen molar-refractivity contribution in [3.8, 4) is 5.75 Å². The smallest absolute Gasteiger partial charge is 0.155 e. The summed E-state index contributed by atoms with van der Waals surface area (Å²) >= 11 is 0. The van der Waals surface area contributed by atoms with Crippen molar-refractivity contribution >= 4 is 0 Å². The van der Waals surface area contributed by atoms with Gasteiger partial charge in [0, 0.05) is 12.2 Å². The van der Waals surface area contributed by atoms with Crippen LogP contribution in [0.1, 0.15) is 50.5 Å². The maximum atomic E-state index is 6.23. The van der Waals surface area contributed by atoms with E-state index in [1.54, 1.807) is 6.20 Å². The molecule has 0 aliphatic heterocycles. The van der Waals surface area contributed by atoms with Crippen molar-refractivity contribution in [3.05, 3.63) is 59.9 Å². The molecular formula is C18H24N2O. The largest absolute Gasteiger partial charge is 0.482 e. The van der Waals surface area contributed by atoms with Crippen LogP contribution < -0.4 is 10.5 Å². The Bertz CT molecular complexity index is 554. The van der Waals surface area contributed by atoms with Crippen molar-refractivity contribution in [2.24, 2.45) is 5.73 Å². The van der Waals surface area contributed by atoms with E-state index in [2.05, 4.69) is 37.9 Å². The monoisotopic (exact) mass is 284 g/mol. The first-order valence-electron chi connectivity index (χ1n) is 7.55. The highest BCUT2D eigenvalue weighted by Crippen LogP contribution is 2.26. The number of pyridine rings is 1. The van der Waals surface area contributed by atoms with Crippen LogP contribution in [0, 0.1) is 0 Å². The van der Waals surface area contributed by atoms with Crippen molar-refractivity contribution in [2.75, 3.05) is 0 Å². The molecular weight excluding hydrogens is 260 g/mol. The number of hydrogen-bond acceptors (Lipinski definition) is 3. The summed E-state index contributed by atoms with van der Waals surface area (Å²) in [6.07, 6.45) is 2.39. The Morgan fingerprint density at radius 3 is 2.57 bits per heavy atom. The van der Waals surface area contributed by atoms with Crippen LogP contribution in [0.2, 0.25) is 0 Å². The molecule has 0 saturated carbocycles. The molecule has 0 bridgehead atoms. The first-order valence-corrected chi connectivity index (χ1v) is 7.55. The summed E-state index contributed by atoms with van der Waals surface area (Å²) in [7, 11) is 0. The van der Waals surface area contributed by atoms with Gasteiger partial charge < -0.3 is 10.5 Å². The van der Waals surface area contributed by atoms with E-state index in [9.17, 15) is 0 Å². The molecule has 3 nitrogen and oxygen atoms in total. The number of nitrogens with two attached hydrogens (primary N) is 1. The van der Waals surface area contributed by atoms with Gasteiger partial charge in [0.05, 0.1) is 5.69 Å². The minimum Gasteiger partial charge on any atom is -0.482 e. The molecule has 0 spiro atoms. The molecule has 1 heterocycles. The summed E-state index contributed by atoms with van der Waals surface area (Å²) in [6, 6.07) is 14.0. The van der Waals surface area contributed by atoms with E-state index in [0.717, 1.165) is 17.9 Å². The first-order chi connectivity index (χ1) is 10.1. The molecule has 21 heavy (non-hydrogen) atoms. The molecule has 0 fully saturated rings. The Morgan fingerprint density at radius 2 is 1.95 bits per heavy atom. The quantitative estimate of drug-likeness (QED) is 0.870. The molecule has 1 aromatic heterocycles. The Morgan fingerprint density at radius 1 is 1.14 bits per heavy atom. The summed E-state index contributed by atoms with van der Waals surface area (Å²) < 4.78 is 6.16. The number of hydrogen-bond donors (Lipinski definition) is 1. The molecule has 2 unspecified atom stereocenters. The first kappa shape index (κ1) is 15.5. The fourth-order valence-electron chi connectivity index (χ4n) is 2.22. The Labute approximate surface area is 127 Å². The van der Waals surface area contributed by atoms with E-state index in [4.69, 9.17) is 10.5 Å². The topological polar surface area (TPSA) is 48.1 Å². The zero-order chi connectivity index (χ0) is 15.2. The van der Waals surface area contributed by atoms with Crippen LogP contribution in [0.4, 0.5) is 0 Å². The molecule has 2 rings (SSSR count). The Kier molecular flexibility index (Phi) is 5.34. The van der Waals surface area contributed by atoms with Crippen molar-refractivity contribution < 1.29 is 4.74 Å².